The Morgan fingerprint density at radius 2 is 1.86 bits per heavy atom. The third-order valence-electron chi connectivity index (χ3n) is 5.18. The van der Waals surface area contributed by atoms with Crippen molar-refractivity contribution in [1.82, 2.24) is 14.5 Å². The molecule has 28 heavy (non-hydrogen) atoms. The molecule has 1 aliphatic rings. The van der Waals surface area contributed by atoms with Gasteiger partial charge < -0.3 is 14.2 Å². The van der Waals surface area contributed by atoms with Crippen LogP contribution in [0.4, 0.5) is 4.79 Å². The van der Waals surface area contributed by atoms with E-state index in [1.807, 2.05) is 59.2 Å². The summed E-state index contributed by atoms with van der Waals surface area (Å²) in [4.78, 5) is 31.0. The minimum absolute atomic E-state index is 0.0148. The van der Waals surface area contributed by atoms with Crippen LogP contribution in [0.1, 0.15) is 35.9 Å². The number of ether oxygens (including phenoxy) is 1. The van der Waals surface area contributed by atoms with Crippen molar-refractivity contribution in [3.63, 3.8) is 0 Å². The van der Waals surface area contributed by atoms with E-state index in [0.29, 0.717) is 18.9 Å². The first kappa shape index (κ1) is 18.2. The van der Waals surface area contributed by atoms with E-state index in [1.165, 1.54) is 6.92 Å². The van der Waals surface area contributed by atoms with E-state index in [0.717, 1.165) is 29.4 Å². The SMILES string of the molecule is CC(=O)c1nc2ccccc2n1CC1CCCN1C(=O)OCc1ccccc1. The largest absolute Gasteiger partial charge is 0.445 e. The number of hydrogen-bond donors (Lipinski definition) is 0. The Bertz CT molecular complexity index is 997. The van der Waals surface area contributed by atoms with Gasteiger partial charge >= 0.3 is 6.09 Å². The fourth-order valence-corrected chi connectivity index (χ4v) is 3.81. The second-order valence-corrected chi connectivity index (χ2v) is 7.12. The van der Waals surface area contributed by atoms with Crippen LogP contribution in [0.15, 0.2) is 54.6 Å². The lowest BCUT2D eigenvalue weighted by Crippen LogP contribution is -2.38. The molecule has 1 aliphatic heterocycles. The number of hydrogen-bond acceptors (Lipinski definition) is 4. The van der Waals surface area contributed by atoms with Crippen LogP contribution in [0.25, 0.3) is 11.0 Å². The molecular formula is C22H23N3O3. The highest BCUT2D eigenvalue weighted by Gasteiger charge is 2.31. The van der Waals surface area contributed by atoms with Crippen molar-refractivity contribution < 1.29 is 14.3 Å². The first-order chi connectivity index (χ1) is 13.6. The number of fused-ring (bicyclic) bond motifs is 1. The summed E-state index contributed by atoms with van der Waals surface area (Å²) in [5.41, 5.74) is 2.67. The Morgan fingerprint density at radius 3 is 2.64 bits per heavy atom. The molecule has 1 unspecified atom stereocenters. The summed E-state index contributed by atoms with van der Waals surface area (Å²) in [6.45, 7) is 2.99. The van der Waals surface area contributed by atoms with Gasteiger partial charge in [-0.3, -0.25) is 4.79 Å². The topological polar surface area (TPSA) is 64.4 Å². The second kappa shape index (κ2) is 7.84. The van der Waals surface area contributed by atoms with Gasteiger partial charge in [0.15, 0.2) is 11.6 Å². The zero-order valence-electron chi connectivity index (χ0n) is 15.9. The highest BCUT2D eigenvalue weighted by Crippen LogP contribution is 2.24. The maximum Gasteiger partial charge on any atom is 0.410 e. The standard InChI is InChI=1S/C22H23N3O3/c1-16(26)21-23-19-11-5-6-12-20(19)25(21)14-18-10-7-13-24(18)22(27)28-15-17-8-3-2-4-9-17/h2-6,8-9,11-12,18H,7,10,13-15H2,1H3. The van der Waals surface area contributed by atoms with Gasteiger partial charge in [0.2, 0.25) is 0 Å². The maximum atomic E-state index is 12.7. The Hall–Kier alpha value is -3.15. The number of rotatable bonds is 5. The van der Waals surface area contributed by atoms with Crippen molar-refractivity contribution in [2.24, 2.45) is 0 Å². The molecule has 1 aromatic heterocycles. The summed E-state index contributed by atoms with van der Waals surface area (Å²) < 4.78 is 7.46. The highest BCUT2D eigenvalue weighted by atomic mass is 16.6. The number of aromatic nitrogens is 2. The van der Waals surface area contributed by atoms with Crippen molar-refractivity contribution in [3.8, 4) is 0 Å². The number of carbonyl (C=O) groups excluding carboxylic acids is 2. The quantitative estimate of drug-likeness (QED) is 0.630. The van der Waals surface area contributed by atoms with Crippen LogP contribution in [0.5, 0.6) is 0 Å². The predicted octanol–water partition coefficient (Wildman–Crippen LogP) is 4.04. The van der Waals surface area contributed by atoms with E-state index in [9.17, 15) is 9.59 Å². The van der Waals surface area contributed by atoms with Crippen LogP contribution >= 0.6 is 0 Å². The predicted molar refractivity (Wildman–Crippen MR) is 106 cm³/mol. The molecule has 0 bridgehead atoms. The van der Waals surface area contributed by atoms with Gasteiger partial charge in [-0.1, -0.05) is 42.5 Å². The molecule has 144 valence electrons. The lowest BCUT2D eigenvalue weighted by atomic mass is 10.2. The van der Waals surface area contributed by atoms with E-state index in [-0.39, 0.29) is 24.5 Å². The molecule has 6 heteroatoms. The van der Waals surface area contributed by atoms with Crippen LogP contribution in [-0.2, 0) is 17.9 Å². The Kier molecular flexibility index (Phi) is 5.10. The molecule has 0 saturated carbocycles. The second-order valence-electron chi connectivity index (χ2n) is 7.12. The van der Waals surface area contributed by atoms with E-state index < -0.39 is 0 Å². The number of para-hydroxylation sites is 2. The van der Waals surface area contributed by atoms with Gasteiger partial charge in [0.05, 0.1) is 17.1 Å². The van der Waals surface area contributed by atoms with Crippen LogP contribution in [0.2, 0.25) is 0 Å². The Balaban J connectivity index is 1.51. The van der Waals surface area contributed by atoms with Crippen molar-refractivity contribution in [1.29, 1.82) is 0 Å². The molecular weight excluding hydrogens is 354 g/mol. The Morgan fingerprint density at radius 1 is 1.11 bits per heavy atom. The molecule has 6 nitrogen and oxygen atoms in total. The zero-order valence-corrected chi connectivity index (χ0v) is 15.9. The fourth-order valence-electron chi connectivity index (χ4n) is 3.81. The van der Waals surface area contributed by atoms with E-state index >= 15 is 0 Å². The summed E-state index contributed by atoms with van der Waals surface area (Å²) in [6.07, 6.45) is 1.50. The van der Waals surface area contributed by atoms with Crippen molar-refractivity contribution in [3.05, 3.63) is 66.0 Å². The number of amides is 1. The number of benzene rings is 2. The molecule has 0 aliphatic carbocycles. The average Bonchev–Trinajstić information content (AvgIpc) is 3.32. The molecule has 3 aromatic rings. The minimum Gasteiger partial charge on any atom is -0.445 e. The van der Waals surface area contributed by atoms with Crippen molar-refractivity contribution >= 4 is 22.9 Å². The summed E-state index contributed by atoms with van der Waals surface area (Å²) >= 11 is 0. The number of carbonyl (C=O) groups is 2. The molecule has 0 N–H and O–H groups in total. The zero-order chi connectivity index (χ0) is 19.5. The minimum atomic E-state index is -0.305. The lowest BCUT2D eigenvalue weighted by molar-refractivity contribution is 0.0893. The average molecular weight is 377 g/mol. The maximum absolute atomic E-state index is 12.7. The number of nitrogens with zero attached hydrogens (tertiary/aromatic N) is 3. The molecule has 1 fully saturated rings. The molecule has 0 radical (unpaired) electrons. The van der Waals surface area contributed by atoms with E-state index in [1.54, 1.807) is 4.90 Å². The van der Waals surface area contributed by atoms with Crippen LogP contribution in [-0.4, -0.2) is 38.9 Å². The monoisotopic (exact) mass is 377 g/mol. The summed E-state index contributed by atoms with van der Waals surface area (Å²) in [5, 5.41) is 0. The summed E-state index contributed by atoms with van der Waals surface area (Å²) in [6, 6.07) is 17.3. The number of imidazole rings is 1. The van der Waals surface area contributed by atoms with Gasteiger partial charge in [0, 0.05) is 20.0 Å². The number of Topliss-reactive ketones (excluding diaryl/α,β-unsaturated/α-hetero) is 1. The van der Waals surface area contributed by atoms with Gasteiger partial charge in [-0.15, -0.1) is 0 Å². The van der Waals surface area contributed by atoms with Gasteiger partial charge in [-0.2, -0.15) is 0 Å². The van der Waals surface area contributed by atoms with E-state index in [4.69, 9.17) is 4.74 Å². The van der Waals surface area contributed by atoms with Crippen LogP contribution in [0, 0.1) is 0 Å². The van der Waals surface area contributed by atoms with Gasteiger partial charge in [0.1, 0.15) is 6.61 Å². The molecule has 2 heterocycles. The van der Waals surface area contributed by atoms with Crippen LogP contribution in [0.3, 0.4) is 0 Å². The summed E-state index contributed by atoms with van der Waals surface area (Å²) in [5.74, 6) is 0.359. The van der Waals surface area contributed by atoms with Crippen molar-refractivity contribution in [2.75, 3.05) is 6.54 Å². The molecule has 4 rings (SSSR count). The summed E-state index contributed by atoms with van der Waals surface area (Å²) in [7, 11) is 0. The van der Waals surface area contributed by atoms with Gasteiger partial charge in [-0.25, -0.2) is 9.78 Å². The third kappa shape index (κ3) is 3.63. The number of ketones is 1. The molecule has 1 amide bonds. The normalized spacial score (nSPS) is 16.5. The third-order valence-corrected chi connectivity index (χ3v) is 5.18. The van der Waals surface area contributed by atoms with Crippen molar-refractivity contribution in [2.45, 2.75) is 39.0 Å². The highest BCUT2D eigenvalue weighted by molar-refractivity contribution is 5.94. The number of likely N-dealkylation sites (tertiary alicyclic amines) is 1. The smallest absolute Gasteiger partial charge is 0.410 e. The molecule has 1 saturated heterocycles. The molecule has 0 spiro atoms. The lowest BCUT2D eigenvalue weighted by Gasteiger charge is -2.25. The first-order valence-corrected chi connectivity index (χ1v) is 9.57. The first-order valence-electron chi connectivity index (χ1n) is 9.57. The van der Waals surface area contributed by atoms with E-state index in [2.05, 4.69) is 4.98 Å². The van der Waals surface area contributed by atoms with Crippen LogP contribution < -0.4 is 0 Å². The molecule has 2 aromatic carbocycles. The van der Waals surface area contributed by atoms with Gasteiger partial charge in [-0.05, 0) is 30.5 Å². The van der Waals surface area contributed by atoms with Gasteiger partial charge in [0.25, 0.3) is 0 Å². The fraction of sp³-hybridized carbons (Fsp3) is 0.318. The molecule has 1 atom stereocenters. The Labute approximate surface area is 163 Å².